The van der Waals surface area contributed by atoms with Crippen LogP contribution in [-0.2, 0) is 0 Å². The first-order valence-corrected chi connectivity index (χ1v) is 5.94. The number of ketones is 1. The van der Waals surface area contributed by atoms with Crippen LogP contribution in [0, 0.1) is 13.8 Å². The normalized spacial score (nSPS) is 10.2. The summed E-state index contributed by atoms with van der Waals surface area (Å²) in [7, 11) is 0. The zero-order chi connectivity index (χ0) is 14.0. The molecule has 0 fully saturated rings. The van der Waals surface area contributed by atoms with Gasteiger partial charge in [0.05, 0.1) is 5.56 Å². The van der Waals surface area contributed by atoms with Gasteiger partial charge in [0, 0.05) is 11.1 Å². The smallest absolute Gasteiger partial charge is 0.335 e. The molecular weight excluding hydrogens is 240 g/mol. The number of hydrogen-bond donors (Lipinski definition) is 1. The van der Waals surface area contributed by atoms with Crippen molar-refractivity contribution < 1.29 is 14.7 Å². The summed E-state index contributed by atoms with van der Waals surface area (Å²) in [6.45, 7) is 3.72. The lowest BCUT2D eigenvalue weighted by Crippen LogP contribution is -2.05. The molecule has 96 valence electrons. The third-order valence-electron chi connectivity index (χ3n) is 2.90. The van der Waals surface area contributed by atoms with Crippen molar-refractivity contribution in [3.05, 3.63) is 70.3 Å². The zero-order valence-corrected chi connectivity index (χ0v) is 10.8. The molecule has 2 aromatic carbocycles. The van der Waals surface area contributed by atoms with Gasteiger partial charge in [-0.3, -0.25) is 4.79 Å². The Hall–Kier alpha value is -2.42. The first kappa shape index (κ1) is 13.0. The van der Waals surface area contributed by atoms with E-state index >= 15 is 0 Å². The van der Waals surface area contributed by atoms with Crippen molar-refractivity contribution in [1.82, 2.24) is 0 Å². The topological polar surface area (TPSA) is 54.4 Å². The fourth-order valence-corrected chi connectivity index (χ4v) is 1.91. The Kier molecular flexibility index (Phi) is 3.47. The van der Waals surface area contributed by atoms with Crippen LogP contribution >= 0.6 is 0 Å². The van der Waals surface area contributed by atoms with Crippen LogP contribution in [0.2, 0.25) is 0 Å². The second-order valence-electron chi connectivity index (χ2n) is 4.59. The molecule has 0 saturated carbocycles. The number of benzene rings is 2. The highest BCUT2D eigenvalue weighted by atomic mass is 16.4. The largest absolute Gasteiger partial charge is 0.478 e. The van der Waals surface area contributed by atoms with E-state index in [0.717, 1.165) is 11.1 Å². The molecule has 19 heavy (non-hydrogen) atoms. The van der Waals surface area contributed by atoms with Crippen LogP contribution in [0.25, 0.3) is 0 Å². The van der Waals surface area contributed by atoms with E-state index in [-0.39, 0.29) is 11.3 Å². The van der Waals surface area contributed by atoms with E-state index in [1.807, 2.05) is 19.1 Å². The molecular formula is C16H14O3. The summed E-state index contributed by atoms with van der Waals surface area (Å²) in [4.78, 5) is 23.3. The van der Waals surface area contributed by atoms with Gasteiger partial charge >= 0.3 is 5.97 Å². The van der Waals surface area contributed by atoms with Gasteiger partial charge in [0.2, 0.25) is 0 Å². The Bertz CT molecular complexity index is 640. The Balaban J connectivity index is 2.44. The van der Waals surface area contributed by atoms with E-state index in [1.165, 1.54) is 6.07 Å². The van der Waals surface area contributed by atoms with E-state index < -0.39 is 5.97 Å². The van der Waals surface area contributed by atoms with Gasteiger partial charge in [0.15, 0.2) is 5.78 Å². The second-order valence-corrected chi connectivity index (χ2v) is 4.59. The molecule has 0 aliphatic heterocycles. The third-order valence-corrected chi connectivity index (χ3v) is 2.90. The maximum Gasteiger partial charge on any atom is 0.335 e. The average molecular weight is 254 g/mol. The highest BCUT2D eigenvalue weighted by molar-refractivity contribution is 6.10. The summed E-state index contributed by atoms with van der Waals surface area (Å²) in [5.74, 6) is -1.19. The number of carboxylic acid groups (broad SMARTS) is 1. The van der Waals surface area contributed by atoms with Gasteiger partial charge in [0.25, 0.3) is 0 Å². The molecule has 0 atom stereocenters. The summed E-state index contributed by atoms with van der Waals surface area (Å²) < 4.78 is 0. The van der Waals surface area contributed by atoms with Crippen molar-refractivity contribution in [1.29, 1.82) is 0 Å². The number of carbonyl (C=O) groups is 2. The number of aromatic carboxylic acids is 1. The Morgan fingerprint density at radius 3 is 1.95 bits per heavy atom. The maximum absolute atomic E-state index is 12.3. The lowest BCUT2D eigenvalue weighted by Gasteiger charge is -2.05. The Labute approximate surface area is 111 Å². The first-order valence-electron chi connectivity index (χ1n) is 5.94. The minimum atomic E-state index is -1.03. The lowest BCUT2D eigenvalue weighted by atomic mass is 9.98. The van der Waals surface area contributed by atoms with Gasteiger partial charge in [-0.1, -0.05) is 29.8 Å². The third kappa shape index (κ3) is 2.88. The van der Waals surface area contributed by atoms with Gasteiger partial charge in [0.1, 0.15) is 0 Å². The zero-order valence-electron chi connectivity index (χ0n) is 10.8. The second kappa shape index (κ2) is 5.06. The molecule has 0 unspecified atom stereocenters. The van der Waals surface area contributed by atoms with Crippen LogP contribution in [0.4, 0.5) is 0 Å². The van der Waals surface area contributed by atoms with E-state index in [9.17, 15) is 9.59 Å². The summed E-state index contributed by atoms with van der Waals surface area (Å²) in [6.07, 6.45) is 0. The molecule has 3 heteroatoms. The Morgan fingerprint density at radius 2 is 1.37 bits per heavy atom. The first-order chi connectivity index (χ1) is 8.97. The number of carboxylic acids is 1. The molecule has 2 aromatic rings. The monoisotopic (exact) mass is 254 g/mol. The molecule has 0 spiro atoms. The molecule has 0 aliphatic rings. The number of rotatable bonds is 3. The maximum atomic E-state index is 12.3. The van der Waals surface area contributed by atoms with Gasteiger partial charge in [-0.25, -0.2) is 4.79 Å². The summed E-state index contributed by atoms with van der Waals surface area (Å²) in [5.41, 5.74) is 2.94. The summed E-state index contributed by atoms with van der Waals surface area (Å²) in [5, 5.41) is 9.01. The predicted molar refractivity (Wildman–Crippen MR) is 72.7 cm³/mol. The molecule has 1 N–H and O–H groups in total. The Morgan fingerprint density at radius 1 is 0.789 bits per heavy atom. The highest BCUT2D eigenvalue weighted by Crippen LogP contribution is 2.15. The molecule has 0 heterocycles. The lowest BCUT2D eigenvalue weighted by molar-refractivity contribution is 0.0696. The number of hydrogen-bond acceptors (Lipinski definition) is 2. The highest BCUT2D eigenvalue weighted by Gasteiger charge is 2.12. The minimum absolute atomic E-state index is 0.135. The molecule has 0 radical (unpaired) electrons. The summed E-state index contributed by atoms with van der Waals surface area (Å²) >= 11 is 0. The van der Waals surface area contributed by atoms with E-state index in [4.69, 9.17) is 5.11 Å². The van der Waals surface area contributed by atoms with Crippen LogP contribution < -0.4 is 0 Å². The van der Waals surface area contributed by atoms with Crippen molar-refractivity contribution in [2.45, 2.75) is 13.8 Å². The van der Waals surface area contributed by atoms with E-state index in [0.29, 0.717) is 11.1 Å². The van der Waals surface area contributed by atoms with Crippen LogP contribution in [0.5, 0.6) is 0 Å². The van der Waals surface area contributed by atoms with Gasteiger partial charge in [-0.2, -0.15) is 0 Å². The SMILES string of the molecule is Cc1ccc(C(=O)c2cc(C)cc(C(=O)O)c2)cc1. The van der Waals surface area contributed by atoms with Crippen molar-refractivity contribution in [3.8, 4) is 0 Å². The predicted octanol–water partition coefficient (Wildman–Crippen LogP) is 3.23. The molecule has 0 saturated heterocycles. The van der Waals surface area contributed by atoms with E-state index in [1.54, 1.807) is 31.2 Å². The van der Waals surface area contributed by atoms with E-state index in [2.05, 4.69) is 0 Å². The average Bonchev–Trinajstić information content (AvgIpc) is 2.38. The van der Waals surface area contributed by atoms with Crippen LogP contribution in [0.15, 0.2) is 42.5 Å². The van der Waals surface area contributed by atoms with Crippen molar-refractivity contribution in [2.24, 2.45) is 0 Å². The van der Waals surface area contributed by atoms with Gasteiger partial charge in [-0.05, 0) is 37.6 Å². The van der Waals surface area contributed by atoms with Gasteiger partial charge in [-0.15, -0.1) is 0 Å². The fourth-order valence-electron chi connectivity index (χ4n) is 1.91. The van der Waals surface area contributed by atoms with Crippen LogP contribution in [0.3, 0.4) is 0 Å². The molecule has 2 rings (SSSR count). The number of aryl methyl sites for hydroxylation is 2. The van der Waals surface area contributed by atoms with Crippen LogP contribution in [-0.4, -0.2) is 16.9 Å². The quantitative estimate of drug-likeness (QED) is 0.855. The standard InChI is InChI=1S/C16H14O3/c1-10-3-5-12(6-4-10)15(17)13-7-11(2)8-14(9-13)16(18)19/h3-9H,1-2H3,(H,18,19). The molecule has 3 nitrogen and oxygen atoms in total. The fraction of sp³-hybridized carbons (Fsp3) is 0.125. The molecule has 0 aliphatic carbocycles. The number of carbonyl (C=O) groups excluding carboxylic acids is 1. The summed E-state index contributed by atoms with van der Waals surface area (Å²) in [6, 6.07) is 11.9. The molecule has 0 bridgehead atoms. The minimum Gasteiger partial charge on any atom is -0.478 e. The van der Waals surface area contributed by atoms with Crippen molar-refractivity contribution >= 4 is 11.8 Å². The molecule has 0 aromatic heterocycles. The molecule has 0 amide bonds. The van der Waals surface area contributed by atoms with Crippen LogP contribution in [0.1, 0.15) is 37.4 Å². The van der Waals surface area contributed by atoms with Crippen molar-refractivity contribution in [2.75, 3.05) is 0 Å². The van der Waals surface area contributed by atoms with Crippen molar-refractivity contribution in [3.63, 3.8) is 0 Å². The van der Waals surface area contributed by atoms with Gasteiger partial charge < -0.3 is 5.11 Å².